The zero-order chi connectivity index (χ0) is 19.7. The average Bonchev–Trinajstić information content (AvgIpc) is 3.01. The number of anilines is 2. The SMILES string of the molecule is COC(=O)c1cccc(NC(=O)Nc2cccc3c2C2CCCCN2C3=O)n1. The van der Waals surface area contributed by atoms with Crippen molar-refractivity contribution in [3.8, 4) is 0 Å². The largest absolute Gasteiger partial charge is 0.464 e. The molecule has 1 aromatic carbocycles. The quantitative estimate of drug-likeness (QED) is 0.797. The summed E-state index contributed by atoms with van der Waals surface area (Å²) in [7, 11) is 1.27. The molecule has 0 radical (unpaired) electrons. The Balaban J connectivity index is 1.54. The monoisotopic (exact) mass is 380 g/mol. The number of pyridine rings is 1. The lowest BCUT2D eigenvalue weighted by molar-refractivity contribution is 0.0593. The number of hydrogen-bond acceptors (Lipinski definition) is 5. The third-order valence-electron chi connectivity index (χ3n) is 5.07. The van der Waals surface area contributed by atoms with Crippen molar-refractivity contribution in [3.63, 3.8) is 0 Å². The van der Waals surface area contributed by atoms with Gasteiger partial charge in [-0.25, -0.2) is 14.6 Å². The number of amides is 3. The maximum Gasteiger partial charge on any atom is 0.356 e. The Labute approximate surface area is 161 Å². The van der Waals surface area contributed by atoms with Gasteiger partial charge in [0.15, 0.2) is 5.69 Å². The van der Waals surface area contributed by atoms with Crippen molar-refractivity contribution in [2.24, 2.45) is 0 Å². The highest BCUT2D eigenvalue weighted by Gasteiger charge is 2.39. The van der Waals surface area contributed by atoms with Crippen LogP contribution >= 0.6 is 0 Å². The van der Waals surface area contributed by atoms with E-state index in [4.69, 9.17) is 0 Å². The van der Waals surface area contributed by atoms with Gasteiger partial charge in [0.2, 0.25) is 0 Å². The molecule has 1 fully saturated rings. The molecular weight excluding hydrogens is 360 g/mol. The Morgan fingerprint density at radius 3 is 2.79 bits per heavy atom. The van der Waals surface area contributed by atoms with E-state index in [0.717, 1.165) is 31.4 Å². The van der Waals surface area contributed by atoms with Gasteiger partial charge in [0.25, 0.3) is 5.91 Å². The van der Waals surface area contributed by atoms with E-state index in [2.05, 4.69) is 20.4 Å². The van der Waals surface area contributed by atoms with Crippen LogP contribution in [0.25, 0.3) is 0 Å². The van der Waals surface area contributed by atoms with Gasteiger partial charge in [0.1, 0.15) is 5.82 Å². The second-order valence-electron chi connectivity index (χ2n) is 6.76. The van der Waals surface area contributed by atoms with Gasteiger partial charge in [0, 0.05) is 23.4 Å². The highest BCUT2D eigenvalue weighted by molar-refractivity contribution is 6.05. The number of benzene rings is 1. The number of urea groups is 1. The zero-order valence-electron chi connectivity index (χ0n) is 15.4. The van der Waals surface area contributed by atoms with Crippen LogP contribution in [0, 0.1) is 0 Å². The van der Waals surface area contributed by atoms with E-state index < -0.39 is 12.0 Å². The normalized spacial score (nSPS) is 17.5. The Morgan fingerprint density at radius 1 is 1.14 bits per heavy atom. The number of piperidine rings is 1. The Morgan fingerprint density at radius 2 is 1.96 bits per heavy atom. The van der Waals surface area contributed by atoms with E-state index in [1.54, 1.807) is 30.3 Å². The molecule has 1 unspecified atom stereocenters. The molecule has 3 amide bonds. The number of fused-ring (bicyclic) bond motifs is 3. The number of rotatable bonds is 3. The van der Waals surface area contributed by atoms with Gasteiger partial charge in [-0.2, -0.15) is 0 Å². The Bertz CT molecular complexity index is 959. The second kappa shape index (κ2) is 7.30. The summed E-state index contributed by atoms with van der Waals surface area (Å²) in [5, 5.41) is 5.44. The number of aromatic nitrogens is 1. The first kappa shape index (κ1) is 18.0. The molecule has 1 saturated heterocycles. The third-order valence-corrected chi connectivity index (χ3v) is 5.07. The minimum absolute atomic E-state index is 0.00790. The number of ether oxygens (including phenoxy) is 1. The summed E-state index contributed by atoms with van der Waals surface area (Å²) < 4.78 is 4.64. The van der Waals surface area contributed by atoms with E-state index in [-0.39, 0.29) is 23.5 Å². The van der Waals surface area contributed by atoms with Crippen LogP contribution in [0.1, 0.15) is 51.7 Å². The lowest BCUT2D eigenvalue weighted by atomic mass is 9.96. The smallest absolute Gasteiger partial charge is 0.356 e. The van der Waals surface area contributed by atoms with Crippen molar-refractivity contribution in [2.45, 2.75) is 25.3 Å². The van der Waals surface area contributed by atoms with Gasteiger partial charge in [0.05, 0.1) is 13.2 Å². The molecular formula is C20H20N4O4. The van der Waals surface area contributed by atoms with Crippen LogP contribution < -0.4 is 10.6 Å². The zero-order valence-corrected chi connectivity index (χ0v) is 15.4. The topological polar surface area (TPSA) is 101 Å². The summed E-state index contributed by atoms with van der Waals surface area (Å²) in [5.74, 6) is -0.333. The van der Waals surface area contributed by atoms with Crippen LogP contribution in [0.3, 0.4) is 0 Å². The minimum Gasteiger partial charge on any atom is -0.464 e. The molecule has 0 bridgehead atoms. The van der Waals surface area contributed by atoms with Crippen molar-refractivity contribution >= 4 is 29.4 Å². The van der Waals surface area contributed by atoms with Gasteiger partial charge in [-0.15, -0.1) is 0 Å². The highest BCUT2D eigenvalue weighted by Crippen LogP contribution is 2.43. The summed E-state index contributed by atoms with van der Waals surface area (Å²) in [6.07, 6.45) is 2.95. The van der Waals surface area contributed by atoms with Crippen LogP contribution in [0.2, 0.25) is 0 Å². The molecule has 0 spiro atoms. The number of methoxy groups -OCH3 is 1. The van der Waals surface area contributed by atoms with E-state index in [9.17, 15) is 14.4 Å². The van der Waals surface area contributed by atoms with Crippen molar-refractivity contribution in [2.75, 3.05) is 24.3 Å². The number of carbonyl (C=O) groups excluding carboxylic acids is 3. The van der Waals surface area contributed by atoms with E-state index in [1.807, 2.05) is 4.90 Å². The predicted octanol–water partition coefficient (Wildman–Crippen LogP) is 3.19. The lowest BCUT2D eigenvalue weighted by Gasteiger charge is -2.30. The molecule has 144 valence electrons. The highest BCUT2D eigenvalue weighted by atomic mass is 16.5. The van der Waals surface area contributed by atoms with Crippen LogP contribution in [-0.2, 0) is 4.74 Å². The van der Waals surface area contributed by atoms with Crippen LogP contribution in [-0.4, -0.2) is 41.4 Å². The number of hydrogen-bond donors (Lipinski definition) is 2. The number of nitrogens with one attached hydrogen (secondary N) is 2. The molecule has 2 aliphatic heterocycles. The first-order valence-electron chi connectivity index (χ1n) is 9.15. The van der Waals surface area contributed by atoms with Gasteiger partial charge < -0.3 is 15.0 Å². The molecule has 3 heterocycles. The first-order valence-corrected chi connectivity index (χ1v) is 9.15. The first-order chi connectivity index (χ1) is 13.6. The molecule has 1 aromatic heterocycles. The summed E-state index contributed by atoms with van der Waals surface area (Å²) in [6.45, 7) is 0.744. The predicted molar refractivity (Wildman–Crippen MR) is 102 cm³/mol. The fourth-order valence-corrected chi connectivity index (χ4v) is 3.84. The molecule has 8 nitrogen and oxygen atoms in total. The number of carbonyl (C=O) groups is 3. The number of esters is 1. The van der Waals surface area contributed by atoms with Crippen molar-refractivity contribution in [1.29, 1.82) is 0 Å². The minimum atomic E-state index is -0.583. The third kappa shape index (κ3) is 3.17. The maximum absolute atomic E-state index is 12.6. The maximum atomic E-state index is 12.6. The molecule has 0 saturated carbocycles. The van der Waals surface area contributed by atoms with Gasteiger partial charge in [-0.1, -0.05) is 12.1 Å². The van der Waals surface area contributed by atoms with Crippen molar-refractivity contribution in [1.82, 2.24) is 9.88 Å². The van der Waals surface area contributed by atoms with E-state index in [1.165, 1.54) is 13.2 Å². The van der Waals surface area contributed by atoms with Gasteiger partial charge in [-0.05, 0) is 43.5 Å². The summed E-state index contributed by atoms with van der Waals surface area (Å²) >= 11 is 0. The number of nitrogens with zero attached hydrogens (tertiary/aromatic N) is 2. The Kier molecular flexibility index (Phi) is 4.68. The molecule has 4 rings (SSSR count). The Hall–Kier alpha value is -3.42. The second-order valence-corrected chi connectivity index (χ2v) is 6.76. The van der Waals surface area contributed by atoms with Gasteiger partial charge >= 0.3 is 12.0 Å². The molecule has 8 heteroatoms. The fourth-order valence-electron chi connectivity index (χ4n) is 3.84. The van der Waals surface area contributed by atoms with Crippen LogP contribution in [0.15, 0.2) is 36.4 Å². The molecule has 28 heavy (non-hydrogen) atoms. The van der Waals surface area contributed by atoms with Crippen molar-refractivity contribution in [3.05, 3.63) is 53.2 Å². The van der Waals surface area contributed by atoms with Gasteiger partial charge in [-0.3, -0.25) is 10.1 Å². The van der Waals surface area contributed by atoms with E-state index >= 15 is 0 Å². The summed E-state index contributed by atoms with van der Waals surface area (Å²) in [4.78, 5) is 42.7. The van der Waals surface area contributed by atoms with E-state index in [0.29, 0.717) is 11.3 Å². The molecule has 2 aliphatic rings. The molecule has 0 aliphatic carbocycles. The van der Waals surface area contributed by atoms with Crippen LogP contribution in [0.4, 0.5) is 16.3 Å². The fraction of sp³-hybridized carbons (Fsp3) is 0.300. The lowest BCUT2D eigenvalue weighted by Crippen LogP contribution is -2.32. The summed E-state index contributed by atoms with van der Waals surface area (Å²) in [6, 6.07) is 9.56. The average molecular weight is 380 g/mol. The molecule has 1 atom stereocenters. The van der Waals surface area contributed by atoms with Crippen molar-refractivity contribution < 1.29 is 19.1 Å². The van der Waals surface area contributed by atoms with Crippen LogP contribution in [0.5, 0.6) is 0 Å². The summed E-state index contributed by atoms with van der Waals surface area (Å²) in [5.41, 5.74) is 2.24. The molecule has 2 N–H and O–H groups in total. The standard InChI is InChI=1S/C20H20N4O4/c1-28-19(26)14-8-5-10-16(21-14)23-20(27)22-13-7-4-6-12-17(13)15-9-2-3-11-24(15)18(12)25/h4-8,10,15H,2-3,9,11H2,1H3,(H2,21,22,23,27). The molecule has 2 aromatic rings.